The molecule has 0 aromatic heterocycles. The van der Waals surface area contributed by atoms with E-state index in [1.807, 2.05) is 60.0 Å². The van der Waals surface area contributed by atoms with Crippen LogP contribution in [-0.2, 0) is 9.59 Å². The topological polar surface area (TPSA) is 53.1 Å². The lowest BCUT2D eigenvalue weighted by Gasteiger charge is -2.35. The Kier molecular flexibility index (Phi) is 6.87. The second kappa shape index (κ2) is 9.55. The summed E-state index contributed by atoms with van der Waals surface area (Å²) >= 11 is 0. The Morgan fingerprint density at radius 2 is 1.64 bits per heavy atom. The predicted octanol–water partition coefficient (Wildman–Crippen LogP) is 2.23. The number of hydrogen-bond donors (Lipinski definition) is 0. The first kappa shape index (κ1) is 20.1. The van der Waals surface area contributed by atoms with Gasteiger partial charge in [0.1, 0.15) is 5.75 Å². The third kappa shape index (κ3) is 5.01. The molecule has 1 aliphatic heterocycles. The van der Waals surface area contributed by atoms with Gasteiger partial charge < -0.3 is 14.5 Å². The smallest absolute Gasteiger partial charge is 0.260 e. The molecule has 0 aliphatic carbocycles. The van der Waals surface area contributed by atoms with Gasteiger partial charge in [0, 0.05) is 39.3 Å². The summed E-state index contributed by atoms with van der Waals surface area (Å²) < 4.78 is 5.72. The van der Waals surface area contributed by atoms with Crippen molar-refractivity contribution in [3.05, 3.63) is 42.5 Å². The number of piperazine rings is 1. The zero-order chi connectivity index (χ0) is 19.9. The minimum Gasteiger partial charge on any atom is -0.484 e. The largest absolute Gasteiger partial charge is 0.484 e. The summed E-state index contributed by atoms with van der Waals surface area (Å²) in [4.78, 5) is 30.5. The summed E-state index contributed by atoms with van der Waals surface area (Å²) in [7, 11) is 0. The van der Waals surface area contributed by atoms with Crippen LogP contribution < -0.4 is 4.74 Å². The van der Waals surface area contributed by atoms with Gasteiger partial charge in [-0.15, -0.1) is 0 Å². The summed E-state index contributed by atoms with van der Waals surface area (Å²) in [5, 5.41) is 2.25. The number of benzene rings is 2. The highest BCUT2D eigenvalue weighted by molar-refractivity contribution is 5.84. The molecule has 2 amide bonds. The van der Waals surface area contributed by atoms with E-state index in [0.717, 1.165) is 23.9 Å². The molecule has 0 atom stereocenters. The van der Waals surface area contributed by atoms with Crippen molar-refractivity contribution in [2.24, 2.45) is 0 Å². The van der Waals surface area contributed by atoms with Crippen molar-refractivity contribution in [3.8, 4) is 5.75 Å². The zero-order valence-corrected chi connectivity index (χ0v) is 16.8. The number of carbonyl (C=O) groups is 2. The molecule has 6 heteroatoms. The number of rotatable bonds is 7. The van der Waals surface area contributed by atoms with Gasteiger partial charge >= 0.3 is 0 Å². The summed E-state index contributed by atoms with van der Waals surface area (Å²) in [5.41, 5.74) is 0. The number of nitrogens with zero attached hydrogens (tertiary/aromatic N) is 3. The lowest BCUT2D eigenvalue weighted by Crippen LogP contribution is -2.52. The lowest BCUT2D eigenvalue weighted by atomic mass is 10.1. The molecule has 0 N–H and O–H groups in total. The van der Waals surface area contributed by atoms with Crippen LogP contribution in [0.1, 0.15) is 13.8 Å². The number of carbonyl (C=O) groups excluding carboxylic acids is 2. The van der Waals surface area contributed by atoms with Gasteiger partial charge in [-0.2, -0.15) is 0 Å². The van der Waals surface area contributed by atoms with E-state index in [1.165, 1.54) is 0 Å². The monoisotopic (exact) mass is 383 g/mol. The van der Waals surface area contributed by atoms with E-state index in [2.05, 4.69) is 11.0 Å². The Morgan fingerprint density at radius 1 is 0.964 bits per heavy atom. The Morgan fingerprint density at radius 3 is 2.32 bits per heavy atom. The minimum atomic E-state index is -0.0112. The Bertz CT molecular complexity index is 812. The Hall–Kier alpha value is -2.60. The Labute approximate surface area is 166 Å². The highest BCUT2D eigenvalue weighted by atomic mass is 16.5. The molecule has 0 bridgehead atoms. The summed E-state index contributed by atoms with van der Waals surface area (Å²) in [6.07, 6.45) is 0. The highest BCUT2D eigenvalue weighted by Crippen LogP contribution is 2.20. The summed E-state index contributed by atoms with van der Waals surface area (Å²) in [5.74, 6) is 0.850. The maximum absolute atomic E-state index is 12.5. The van der Waals surface area contributed by atoms with Crippen molar-refractivity contribution in [3.63, 3.8) is 0 Å². The van der Waals surface area contributed by atoms with Gasteiger partial charge in [0.2, 0.25) is 5.91 Å². The van der Waals surface area contributed by atoms with Crippen molar-refractivity contribution in [1.29, 1.82) is 0 Å². The molecule has 1 fully saturated rings. The van der Waals surface area contributed by atoms with Crippen LogP contribution in [0.4, 0.5) is 0 Å². The molecule has 2 aromatic carbocycles. The second-order valence-electron chi connectivity index (χ2n) is 7.02. The van der Waals surface area contributed by atoms with Gasteiger partial charge in [-0.25, -0.2) is 0 Å². The van der Waals surface area contributed by atoms with E-state index in [4.69, 9.17) is 4.74 Å². The molecule has 0 radical (unpaired) electrons. The standard InChI is InChI=1S/C22H29N3O3/c1-3-24(4-2)21(26)16-23-11-13-25(14-12-23)22(27)17-28-20-10-9-18-7-5-6-8-19(18)15-20/h5-10,15H,3-4,11-14,16-17H2,1-2H3. The van der Waals surface area contributed by atoms with Crippen molar-refractivity contribution >= 4 is 22.6 Å². The van der Waals surface area contributed by atoms with E-state index in [9.17, 15) is 9.59 Å². The molecule has 0 unspecified atom stereocenters. The third-order valence-electron chi connectivity index (χ3n) is 5.28. The van der Waals surface area contributed by atoms with Gasteiger partial charge in [0.25, 0.3) is 5.91 Å². The molecule has 2 aromatic rings. The van der Waals surface area contributed by atoms with Crippen molar-refractivity contribution in [1.82, 2.24) is 14.7 Å². The first-order valence-corrected chi connectivity index (χ1v) is 10.00. The molecular weight excluding hydrogens is 354 g/mol. The van der Waals surface area contributed by atoms with E-state index in [1.54, 1.807) is 0 Å². The molecular formula is C22H29N3O3. The van der Waals surface area contributed by atoms with Crippen LogP contribution in [-0.4, -0.2) is 78.9 Å². The average molecular weight is 383 g/mol. The summed E-state index contributed by atoms with van der Waals surface area (Å²) in [6, 6.07) is 13.9. The van der Waals surface area contributed by atoms with Gasteiger partial charge in [-0.1, -0.05) is 30.3 Å². The minimum absolute atomic E-state index is 0.0112. The molecule has 3 rings (SSSR count). The third-order valence-corrected chi connectivity index (χ3v) is 5.28. The van der Waals surface area contributed by atoms with Crippen LogP contribution in [0.2, 0.25) is 0 Å². The number of ether oxygens (including phenoxy) is 1. The summed E-state index contributed by atoms with van der Waals surface area (Å²) in [6.45, 7) is 8.62. The van der Waals surface area contributed by atoms with Crippen LogP contribution in [0.15, 0.2) is 42.5 Å². The molecule has 1 heterocycles. The number of hydrogen-bond acceptors (Lipinski definition) is 4. The molecule has 1 aliphatic rings. The van der Waals surface area contributed by atoms with E-state index < -0.39 is 0 Å². The first-order valence-electron chi connectivity index (χ1n) is 10.00. The van der Waals surface area contributed by atoms with Gasteiger partial charge in [0.05, 0.1) is 6.54 Å². The molecule has 1 saturated heterocycles. The van der Waals surface area contributed by atoms with E-state index in [0.29, 0.717) is 38.5 Å². The van der Waals surface area contributed by atoms with Crippen LogP contribution in [0.3, 0.4) is 0 Å². The molecule has 0 spiro atoms. The maximum Gasteiger partial charge on any atom is 0.260 e. The fourth-order valence-electron chi connectivity index (χ4n) is 3.52. The maximum atomic E-state index is 12.5. The average Bonchev–Trinajstić information content (AvgIpc) is 2.73. The normalized spacial score (nSPS) is 14.9. The molecule has 150 valence electrons. The van der Waals surface area contributed by atoms with Crippen molar-refractivity contribution in [2.45, 2.75) is 13.8 Å². The van der Waals surface area contributed by atoms with Crippen LogP contribution in [0.25, 0.3) is 10.8 Å². The van der Waals surface area contributed by atoms with Gasteiger partial charge in [-0.3, -0.25) is 14.5 Å². The van der Waals surface area contributed by atoms with E-state index >= 15 is 0 Å². The SMILES string of the molecule is CCN(CC)C(=O)CN1CCN(C(=O)COc2ccc3ccccc3c2)CC1. The molecule has 0 saturated carbocycles. The molecule has 28 heavy (non-hydrogen) atoms. The second-order valence-corrected chi connectivity index (χ2v) is 7.02. The van der Waals surface area contributed by atoms with Gasteiger partial charge in [-0.05, 0) is 36.8 Å². The van der Waals surface area contributed by atoms with Crippen LogP contribution in [0.5, 0.6) is 5.75 Å². The van der Waals surface area contributed by atoms with Gasteiger partial charge in [0.15, 0.2) is 6.61 Å². The van der Waals surface area contributed by atoms with Crippen molar-refractivity contribution < 1.29 is 14.3 Å². The highest BCUT2D eigenvalue weighted by Gasteiger charge is 2.23. The first-order chi connectivity index (χ1) is 13.6. The lowest BCUT2D eigenvalue weighted by molar-refractivity contribution is -0.136. The van der Waals surface area contributed by atoms with Crippen molar-refractivity contribution in [2.75, 3.05) is 52.4 Å². The molecule has 6 nitrogen and oxygen atoms in total. The fraction of sp³-hybridized carbons (Fsp3) is 0.455. The number of likely N-dealkylation sites (N-methyl/N-ethyl adjacent to an activating group) is 1. The van der Waals surface area contributed by atoms with Crippen LogP contribution in [0, 0.1) is 0 Å². The predicted molar refractivity (Wildman–Crippen MR) is 110 cm³/mol. The fourth-order valence-corrected chi connectivity index (χ4v) is 3.52. The number of fused-ring (bicyclic) bond motifs is 1. The quantitative estimate of drug-likeness (QED) is 0.736. The van der Waals surface area contributed by atoms with E-state index in [-0.39, 0.29) is 18.4 Å². The number of amides is 2. The Balaban J connectivity index is 1.45. The van der Waals surface area contributed by atoms with Crippen LogP contribution >= 0.6 is 0 Å². The zero-order valence-electron chi connectivity index (χ0n) is 16.8.